The van der Waals surface area contributed by atoms with Crippen molar-refractivity contribution in [1.29, 1.82) is 0 Å². The van der Waals surface area contributed by atoms with E-state index in [2.05, 4.69) is 12.2 Å². The van der Waals surface area contributed by atoms with Gasteiger partial charge in [-0.2, -0.15) is 0 Å². The number of fused-ring (bicyclic) bond motifs is 1. The molecule has 0 bridgehead atoms. The number of nitrogens with zero attached hydrogens (tertiary/aromatic N) is 1. The summed E-state index contributed by atoms with van der Waals surface area (Å²) in [6.07, 6.45) is 4.07. The van der Waals surface area contributed by atoms with Crippen molar-refractivity contribution in [2.24, 2.45) is 0 Å². The SMILES string of the molecule is CCCCCC(=O)N1c2ccccc2NC2=C(C(=O)C[C@H](c3ccc(OC)cc3)C2)[C@H]1c1ccc(F)cc1. The molecule has 1 heterocycles. The number of methoxy groups -OCH3 is 1. The number of Topliss-reactive ketones (excluding diaryl/α,β-unsaturated/α-hetero) is 1. The monoisotopic (exact) mass is 512 g/mol. The lowest BCUT2D eigenvalue weighted by molar-refractivity contribution is -0.119. The summed E-state index contributed by atoms with van der Waals surface area (Å²) in [5.74, 6) is 0.359. The zero-order chi connectivity index (χ0) is 26.6. The molecular formula is C32H33FN2O3. The number of amides is 1. The van der Waals surface area contributed by atoms with Gasteiger partial charge in [0.15, 0.2) is 5.78 Å². The number of nitrogens with one attached hydrogen (secondary N) is 1. The Hall–Kier alpha value is -3.93. The number of ether oxygens (including phenoxy) is 1. The Bertz CT molecular complexity index is 1350. The molecular weight excluding hydrogens is 479 g/mol. The molecule has 0 saturated carbocycles. The van der Waals surface area contributed by atoms with Gasteiger partial charge in [-0.25, -0.2) is 4.39 Å². The van der Waals surface area contributed by atoms with Crippen LogP contribution in [0.5, 0.6) is 5.75 Å². The quantitative estimate of drug-likeness (QED) is 0.337. The van der Waals surface area contributed by atoms with Crippen LogP contribution in [0.1, 0.15) is 68.5 Å². The van der Waals surface area contributed by atoms with Gasteiger partial charge in [0.1, 0.15) is 11.6 Å². The minimum Gasteiger partial charge on any atom is -0.497 e. The van der Waals surface area contributed by atoms with Gasteiger partial charge in [0.25, 0.3) is 0 Å². The number of hydrogen-bond donors (Lipinski definition) is 1. The molecule has 1 aliphatic carbocycles. The predicted octanol–water partition coefficient (Wildman–Crippen LogP) is 7.32. The largest absolute Gasteiger partial charge is 0.497 e. The number of carbonyl (C=O) groups excluding carboxylic acids is 2. The van der Waals surface area contributed by atoms with E-state index in [-0.39, 0.29) is 23.4 Å². The molecule has 196 valence electrons. The topological polar surface area (TPSA) is 58.6 Å². The van der Waals surface area contributed by atoms with Gasteiger partial charge in [-0.3, -0.25) is 14.5 Å². The molecule has 0 unspecified atom stereocenters. The third-order valence-electron chi connectivity index (χ3n) is 7.52. The zero-order valence-electron chi connectivity index (χ0n) is 21.9. The van der Waals surface area contributed by atoms with Crippen LogP contribution in [-0.4, -0.2) is 18.8 Å². The highest BCUT2D eigenvalue weighted by Gasteiger charge is 2.41. The minimum atomic E-state index is -0.639. The third kappa shape index (κ3) is 5.08. The van der Waals surface area contributed by atoms with E-state index in [4.69, 9.17) is 4.74 Å². The molecule has 0 radical (unpaired) electrons. The maximum Gasteiger partial charge on any atom is 0.227 e. The highest BCUT2D eigenvalue weighted by molar-refractivity contribution is 6.06. The van der Waals surface area contributed by atoms with Crippen LogP contribution >= 0.6 is 0 Å². The molecule has 3 aromatic rings. The molecule has 1 aliphatic heterocycles. The summed E-state index contributed by atoms with van der Waals surface area (Å²) < 4.78 is 19.3. The van der Waals surface area contributed by atoms with Crippen LogP contribution in [0.3, 0.4) is 0 Å². The first kappa shape index (κ1) is 25.7. The van der Waals surface area contributed by atoms with Gasteiger partial charge < -0.3 is 10.1 Å². The molecule has 5 rings (SSSR count). The summed E-state index contributed by atoms with van der Waals surface area (Å²) in [7, 11) is 1.63. The Balaban J connectivity index is 1.63. The fourth-order valence-corrected chi connectivity index (χ4v) is 5.58. The second kappa shape index (κ2) is 11.2. The first-order chi connectivity index (χ1) is 18.5. The van der Waals surface area contributed by atoms with Crippen molar-refractivity contribution < 1.29 is 18.7 Å². The maximum absolute atomic E-state index is 14.0. The van der Waals surface area contributed by atoms with Gasteiger partial charge >= 0.3 is 0 Å². The second-order valence-electron chi connectivity index (χ2n) is 10.0. The summed E-state index contributed by atoms with van der Waals surface area (Å²) >= 11 is 0. The summed E-state index contributed by atoms with van der Waals surface area (Å²) in [4.78, 5) is 29.6. The van der Waals surface area contributed by atoms with Gasteiger partial charge in [0.2, 0.25) is 5.91 Å². The second-order valence-corrected chi connectivity index (χ2v) is 10.0. The van der Waals surface area contributed by atoms with Crippen molar-refractivity contribution in [2.45, 2.75) is 57.4 Å². The van der Waals surface area contributed by atoms with Crippen LogP contribution in [0.4, 0.5) is 15.8 Å². The average molecular weight is 513 g/mol. The lowest BCUT2D eigenvalue weighted by Gasteiger charge is -2.35. The van der Waals surface area contributed by atoms with E-state index < -0.39 is 6.04 Å². The van der Waals surface area contributed by atoms with Crippen LogP contribution in [-0.2, 0) is 9.59 Å². The number of benzene rings is 3. The first-order valence-corrected chi connectivity index (χ1v) is 13.3. The Kier molecular flexibility index (Phi) is 7.59. The van der Waals surface area contributed by atoms with Gasteiger partial charge in [-0.05, 0) is 66.3 Å². The molecule has 1 amide bonds. The fraction of sp³-hybridized carbons (Fsp3) is 0.312. The number of hydrogen-bond acceptors (Lipinski definition) is 4. The van der Waals surface area contributed by atoms with Crippen molar-refractivity contribution in [2.75, 3.05) is 17.3 Å². The molecule has 0 fully saturated rings. The van der Waals surface area contributed by atoms with Crippen molar-refractivity contribution in [1.82, 2.24) is 0 Å². The third-order valence-corrected chi connectivity index (χ3v) is 7.52. The van der Waals surface area contributed by atoms with Crippen LogP contribution in [0.15, 0.2) is 84.1 Å². The Morgan fingerprint density at radius 2 is 1.68 bits per heavy atom. The highest BCUT2D eigenvalue weighted by Crippen LogP contribution is 2.47. The van der Waals surface area contributed by atoms with Crippen LogP contribution in [0.2, 0.25) is 0 Å². The van der Waals surface area contributed by atoms with E-state index in [1.807, 2.05) is 48.5 Å². The number of carbonyl (C=O) groups is 2. The van der Waals surface area contributed by atoms with E-state index in [0.717, 1.165) is 53.2 Å². The minimum absolute atomic E-state index is 0.00643. The number of anilines is 2. The van der Waals surface area contributed by atoms with E-state index in [0.29, 0.717) is 24.8 Å². The standard InChI is InChI=1S/C32H33FN2O3/c1-3-4-5-10-30(37)35-28-9-7-6-8-26(28)34-27-19-23(21-13-17-25(38-2)18-14-21)20-29(36)31(27)32(35)22-11-15-24(33)16-12-22/h6-9,11-18,23,32,34H,3-5,10,19-20H2,1-2H3/t23-,32-/m1/s1. The van der Waals surface area contributed by atoms with E-state index in [1.54, 1.807) is 24.1 Å². The lowest BCUT2D eigenvalue weighted by atomic mass is 9.78. The van der Waals surface area contributed by atoms with Crippen molar-refractivity contribution in [3.63, 3.8) is 0 Å². The molecule has 6 heteroatoms. The van der Waals surface area contributed by atoms with Gasteiger partial charge in [-0.15, -0.1) is 0 Å². The average Bonchev–Trinajstić information content (AvgIpc) is 3.08. The summed E-state index contributed by atoms with van der Waals surface area (Å²) in [6, 6.07) is 21.1. The van der Waals surface area contributed by atoms with Gasteiger partial charge in [0, 0.05) is 24.1 Å². The lowest BCUT2D eigenvalue weighted by Crippen LogP contribution is -2.38. The molecule has 0 spiro atoms. The highest BCUT2D eigenvalue weighted by atomic mass is 19.1. The maximum atomic E-state index is 14.0. The normalized spacial score (nSPS) is 18.8. The number of para-hydroxylation sites is 2. The fourth-order valence-electron chi connectivity index (χ4n) is 5.58. The molecule has 3 aromatic carbocycles. The number of unbranched alkanes of at least 4 members (excludes halogenated alkanes) is 2. The first-order valence-electron chi connectivity index (χ1n) is 13.3. The molecule has 2 atom stereocenters. The van der Waals surface area contributed by atoms with Crippen molar-refractivity contribution >= 4 is 23.1 Å². The summed E-state index contributed by atoms with van der Waals surface area (Å²) in [5.41, 5.74) is 4.70. The van der Waals surface area contributed by atoms with Crippen LogP contribution in [0, 0.1) is 5.82 Å². The summed E-state index contributed by atoms with van der Waals surface area (Å²) in [6.45, 7) is 2.11. The molecule has 38 heavy (non-hydrogen) atoms. The number of rotatable bonds is 7. The number of halogens is 1. The van der Waals surface area contributed by atoms with Crippen molar-refractivity contribution in [3.8, 4) is 5.75 Å². The van der Waals surface area contributed by atoms with Crippen molar-refractivity contribution in [3.05, 3.63) is 101 Å². The molecule has 1 N–H and O–H groups in total. The van der Waals surface area contributed by atoms with E-state index >= 15 is 0 Å². The molecule has 5 nitrogen and oxygen atoms in total. The van der Waals surface area contributed by atoms with E-state index in [9.17, 15) is 14.0 Å². The van der Waals surface area contributed by atoms with Crippen LogP contribution in [0.25, 0.3) is 0 Å². The van der Waals surface area contributed by atoms with Gasteiger partial charge in [-0.1, -0.05) is 56.2 Å². The smallest absolute Gasteiger partial charge is 0.227 e. The Labute approximate surface area is 223 Å². The molecule has 0 saturated heterocycles. The number of allylic oxidation sites excluding steroid dienone is 1. The summed E-state index contributed by atoms with van der Waals surface area (Å²) in [5, 5.41) is 3.54. The van der Waals surface area contributed by atoms with Crippen LogP contribution < -0.4 is 15.0 Å². The molecule has 0 aromatic heterocycles. The predicted molar refractivity (Wildman–Crippen MR) is 148 cm³/mol. The zero-order valence-corrected chi connectivity index (χ0v) is 21.9. The molecule has 2 aliphatic rings. The van der Waals surface area contributed by atoms with Gasteiger partial charge in [0.05, 0.1) is 24.5 Å². The Morgan fingerprint density at radius 3 is 2.39 bits per heavy atom. The van der Waals surface area contributed by atoms with E-state index in [1.165, 1.54) is 12.1 Å². The Morgan fingerprint density at radius 1 is 0.974 bits per heavy atom. The number of ketones is 1.